The number of hydrogen-bond acceptors (Lipinski definition) is 5. The number of thiophene rings is 1. The molecule has 4 heterocycles. The highest BCUT2D eigenvalue weighted by atomic mass is 32.1. The number of pyridine rings is 1. The van der Waals surface area contributed by atoms with Gasteiger partial charge in [-0.15, -0.1) is 11.3 Å². The van der Waals surface area contributed by atoms with Gasteiger partial charge in [-0.05, 0) is 49.8 Å². The van der Waals surface area contributed by atoms with E-state index in [1.54, 1.807) is 22.2 Å². The lowest BCUT2D eigenvalue weighted by atomic mass is 9.93. The molecule has 5 rings (SSSR count). The van der Waals surface area contributed by atoms with Crippen LogP contribution >= 0.6 is 11.3 Å². The van der Waals surface area contributed by atoms with Gasteiger partial charge in [0.1, 0.15) is 10.5 Å². The van der Waals surface area contributed by atoms with Crippen LogP contribution in [0.5, 0.6) is 0 Å². The number of aromatic nitrogens is 4. The van der Waals surface area contributed by atoms with Crippen molar-refractivity contribution in [2.45, 2.75) is 65.1 Å². The molecule has 0 spiro atoms. The molecule has 0 amide bonds. The zero-order valence-corrected chi connectivity index (χ0v) is 18.3. The van der Waals surface area contributed by atoms with Crippen LogP contribution in [0.3, 0.4) is 0 Å². The summed E-state index contributed by atoms with van der Waals surface area (Å²) in [7, 11) is 0. The number of nitrogens with zero attached hydrogens (tertiary/aromatic N) is 4. The summed E-state index contributed by atoms with van der Waals surface area (Å²) in [5.41, 5.74) is 4.64. The monoisotopic (exact) mass is 421 g/mol. The van der Waals surface area contributed by atoms with Crippen LogP contribution in [-0.4, -0.2) is 25.0 Å². The Morgan fingerprint density at radius 3 is 3.07 bits per heavy atom. The molecule has 0 bridgehead atoms. The molecular weight excluding hydrogens is 394 g/mol. The van der Waals surface area contributed by atoms with E-state index in [4.69, 9.17) is 4.98 Å². The fourth-order valence-corrected chi connectivity index (χ4v) is 5.61. The standard InChI is InChI=1S/C23H27N5OS/c1-3-4-9-27-14-25-22-21(23(27)29)18-7-6-16(10-19(18)30-22)24-11-17-13-28-12-15(2)5-8-20(28)26-17/h5,8,12-14,16,24H,3-4,6-7,9-11H2,1-2H3. The van der Waals surface area contributed by atoms with Gasteiger partial charge in [0.05, 0.1) is 17.4 Å². The number of rotatable bonds is 6. The molecule has 4 aromatic heterocycles. The van der Waals surface area contributed by atoms with E-state index in [1.165, 1.54) is 16.0 Å². The molecule has 0 fully saturated rings. The highest BCUT2D eigenvalue weighted by Crippen LogP contribution is 2.33. The van der Waals surface area contributed by atoms with E-state index in [-0.39, 0.29) is 5.56 Å². The van der Waals surface area contributed by atoms with Gasteiger partial charge in [-0.25, -0.2) is 9.97 Å². The predicted molar refractivity (Wildman–Crippen MR) is 121 cm³/mol. The molecule has 0 aromatic carbocycles. The van der Waals surface area contributed by atoms with Gasteiger partial charge in [-0.2, -0.15) is 0 Å². The van der Waals surface area contributed by atoms with Gasteiger partial charge in [-0.3, -0.25) is 9.36 Å². The molecule has 7 heteroatoms. The minimum atomic E-state index is 0.136. The van der Waals surface area contributed by atoms with Gasteiger partial charge in [-0.1, -0.05) is 19.4 Å². The Morgan fingerprint density at radius 2 is 2.20 bits per heavy atom. The van der Waals surface area contributed by atoms with E-state index < -0.39 is 0 Å². The van der Waals surface area contributed by atoms with E-state index in [0.29, 0.717) is 6.04 Å². The van der Waals surface area contributed by atoms with E-state index in [9.17, 15) is 4.79 Å². The fourth-order valence-electron chi connectivity index (χ4n) is 4.35. The first kappa shape index (κ1) is 19.5. The average molecular weight is 422 g/mol. The molecule has 30 heavy (non-hydrogen) atoms. The molecule has 1 atom stereocenters. The van der Waals surface area contributed by atoms with E-state index in [1.807, 2.05) is 0 Å². The minimum Gasteiger partial charge on any atom is -0.308 e. The smallest absolute Gasteiger partial charge is 0.262 e. The second-order valence-electron chi connectivity index (χ2n) is 8.31. The topological polar surface area (TPSA) is 64.2 Å². The van der Waals surface area contributed by atoms with Crippen molar-refractivity contribution in [2.24, 2.45) is 0 Å². The van der Waals surface area contributed by atoms with Crippen LogP contribution in [0.1, 0.15) is 47.9 Å². The maximum Gasteiger partial charge on any atom is 0.262 e. The summed E-state index contributed by atoms with van der Waals surface area (Å²) >= 11 is 1.69. The zero-order chi connectivity index (χ0) is 20.7. The van der Waals surface area contributed by atoms with E-state index in [0.717, 1.165) is 66.8 Å². The Hall–Kier alpha value is -2.51. The average Bonchev–Trinajstić information content (AvgIpc) is 3.32. The molecule has 1 N–H and O–H groups in total. The Morgan fingerprint density at radius 1 is 1.30 bits per heavy atom. The van der Waals surface area contributed by atoms with Gasteiger partial charge < -0.3 is 9.72 Å². The van der Waals surface area contributed by atoms with Crippen LogP contribution in [0.25, 0.3) is 15.9 Å². The van der Waals surface area contributed by atoms with E-state index >= 15 is 0 Å². The maximum absolute atomic E-state index is 13.0. The Balaban J connectivity index is 1.32. The Labute approximate surface area is 179 Å². The summed E-state index contributed by atoms with van der Waals surface area (Å²) < 4.78 is 3.88. The van der Waals surface area contributed by atoms with Crippen LogP contribution in [-0.2, 0) is 25.9 Å². The molecule has 1 aliphatic rings. The van der Waals surface area contributed by atoms with Gasteiger partial charge >= 0.3 is 0 Å². The maximum atomic E-state index is 13.0. The second-order valence-corrected chi connectivity index (χ2v) is 9.39. The summed E-state index contributed by atoms with van der Waals surface area (Å²) in [4.78, 5) is 24.5. The first-order chi connectivity index (χ1) is 14.6. The lowest BCUT2D eigenvalue weighted by Gasteiger charge is -2.23. The first-order valence-electron chi connectivity index (χ1n) is 10.8. The third-order valence-electron chi connectivity index (χ3n) is 6.01. The van der Waals surface area contributed by atoms with Gasteiger partial charge in [0.25, 0.3) is 5.56 Å². The van der Waals surface area contributed by atoms with E-state index in [2.05, 4.69) is 53.1 Å². The number of imidazole rings is 1. The fraction of sp³-hybridized carbons (Fsp3) is 0.435. The third kappa shape index (κ3) is 3.56. The number of nitrogens with one attached hydrogen (secondary N) is 1. The minimum absolute atomic E-state index is 0.136. The Bertz CT molecular complexity index is 1270. The van der Waals surface area contributed by atoms with Crippen LogP contribution in [0.2, 0.25) is 0 Å². The van der Waals surface area contributed by atoms with Crippen LogP contribution in [0.4, 0.5) is 0 Å². The Kier molecular flexibility index (Phi) is 5.16. The number of hydrogen-bond donors (Lipinski definition) is 1. The summed E-state index contributed by atoms with van der Waals surface area (Å²) in [6.45, 7) is 5.75. The van der Waals surface area contributed by atoms with Crippen molar-refractivity contribution in [1.82, 2.24) is 24.3 Å². The number of unbranched alkanes of at least 4 members (excludes halogenated alkanes) is 1. The summed E-state index contributed by atoms with van der Waals surface area (Å²) in [6.07, 6.45) is 10.9. The third-order valence-corrected chi connectivity index (χ3v) is 7.17. The molecule has 0 aliphatic heterocycles. The van der Waals surface area contributed by atoms with Gasteiger partial charge in [0.2, 0.25) is 0 Å². The molecule has 0 saturated heterocycles. The highest BCUT2D eigenvalue weighted by Gasteiger charge is 2.25. The van der Waals surface area contributed by atoms with Gasteiger partial charge in [0, 0.05) is 36.4 Å². The number of fused-ring (bicyclic) bond motifs is 4. The summed E-state index contributed by atoms with van der Waals surface area (Å²) in [5.74, 6) is 0. The van der Waals surface area contributed by atoms with Crippen molar-refractivity contribution in [2.75, 3.05) is 0 Å². The molecule has 1 unspecified atom stereocenters. The first-order valence-corrected chi connectivity index (χ1v) is 11.6. The largest absolute Gasteiger partial charge is 0.308 e. The lowest BCUT2D eigenvalue weighted by Crippen LogP contribution is -2.34. The SMILES string of the molecule is CCCCn1cnc2sc3c(c2c1=O)CCC(NCc1cn2cc(C)ccc2n1)C3. The summed E-state index contributed by atoms with van der Waals surface area (Å²) in [5, 5.41) is 4.54. The molecular formula is C23H27N5OS. The van der Waals surface area contributed by atoms with Crippen LogP contribution < -0.4 is 10.9 Å². The van der Waals surface area contributed by atoms with Crippen molar-refractivity contribution in [3.8, 4) is 0 Å². The molecule has 4 aromatic rings. The number of aryl methyl sites for hydroxylation is 3. The normalized spacial score (nSPS) is 16.4. The van der Waals surface area contributed by atoms with Crippen molar-refractivity contribution in [3.63, 3.8) is 0 Å². The van der Waals surface area contributed by atoms with Crippen molar-refractivity contribution in [3.05, 3.63) is 62.9 Å². The van der Waals surface area contributed by atoms with Crippen molar-refractivity contribution >= 4 is 27.2 Å². The molecule has 1 aliphatic carbocycles. The molecule has 0 radical (unpaired) electrons. The molecule has 6 nitrogen and oxygen atoms in total. The van der Waals surface area contributed by atoms with Crippen LogP contribution in [0, 0.1) is 6.92 Å². The molecule has 156 valence electrons. The highest BCUT2D eigenvalue weighted by molar-refractivity contribution is 7.18. The van der Waals surface area contributed by atoms with Crippen molar-refractivity contribution < 1.29 is 0 Å². The summed E-state index contributed by atoms with van der Waals surface area (Å²) in [6, 6.07) is 4.55. The quantitative estimate of drug-likeness (QED) is 0.513. The van der Waals surface area contributed by atoms with Crippen LogP contribution in [0.15, 0.2) is 35.6 Å². The van der Waals surface area contributed by atoms with Gasteiger partial charge in [0.15, 0.2) is 0 Å². The second kappa shape index (κ2) is 7.96. The molecule has 0 saturated carbocycles. The lowest BCUT2D eigenvalue weighted by molar-refractivity contribution is 0.460. The zero-order valence-electron chi connectivity index (χ0n) is 17.5. The van der Waals surface area contributed by atoms with Crippen molar-refractivity contribution in [1.29, 1.82) is 0 Å². The predicted octanol–water partition coefficient (Wildman–Crippen LogP) is 3.86.